The number of sulfonamides is 1. The molecule has 0 bridgehead atoms. The molecule has 1 N–H and O–H groups in total. The molecule has 6 nitrogen and oxygen atoms in total. The van der Waals surface area contributed by atoms with E-state index in [1.807, 2.05) is 54.6 Å². The van der Waals surface area contributed by atoms with Crippen molar-refractivity contribution in [2.75, 3.05) is 18.4 Å². The van der Waals surface area contributed by atoms with Gasteiger partial charge in [-0.15, -0.1) is 0 Å². The van der Waals surface area contributed by atoms with Crippen LogP contribution >= 0.6 is 11.3 Å². The smallest absolute Gasteiger partial charge is 0.243 e. The molecule has 1 aliphatic rings. The summed E-state index contributed by atoms with van der Waals surface area (Å²) in [5, 5.41) is 5.39. The third-order valence-corrected chi connectivity index (χ3v) is 8.55. The minimum Gasteiger partial charge on any atom is -0.302 e. The molecule has 2 heterocycles. The number of carbonyl (C=O) groups is 1. The van der Waals surface area contributed by atoms with E-state index < -0.39 is 10.0 Å². The Morgan fingerprint density at radius 2 is 1.68 bits per heavy atom. The molecule has 8 heteroatoms. The number of rotatable bonds is 4. The number of hydrogen-bond acceptors (Lipinski definition) is 5. The van der Waals surface area contributed by atoms with E-state index in [0.29, 0.717) is 36.0 Å². The molecule has 0 saturated carbocycles. The quantitative estimate of drug-likeness (QED) is 0.496. The van der Waals surface area contributed by atoms with Crippen molar-refractivity contribution in [1.29, 1.82) is 0 Å². The van der Waals surface area contributed by atoms with Gasteiger partial charge in [-0.2, -0.15) is 4.31 Å². The maximum absolute atomic E-state index is 13.1. The summed E-state index contributed by atoms with van der Waals surface area (Å²) in [5.41, 5.74) is 0.860. The fraction of sp³-hybridized carbons (Fsp3) is 0.217. The van der Waals surface area contributed by atoms with Crippen molar-refractivity contribution in [1.82, 2.24) is 9.29 Å². The average Bonchev–Trinajstić information content (AvgIpc) is 3.21. The van der Waals surface area contributed by atoms with E-state index in [4.69, 9.17) is 0 Å². The number of anilines is 1. The Labute approximate surface area is 184 Å². The minimum absolute atomic E-state index is 0.0955. The highest BCUT2D eigenvalue weighted by Gasteiger charge is 2.32. The molecule has 5 rings (SSSR count). The molecule has 158 valence electrons. The Morgan fingerprint density at radius 1 is 0.968 bits per heavy atom. The number of amides is 1. The van der Waals surface area contributed by atoms with Gasteiger partial charge in [0.25, 0.3) is 0 Å². The lowest BCUT2D eigenvalue weighted by Gasteiger charge is -2.30. The van der Waals surface area contributed by atoms with Crippen molar-refractivity contribution in [3.05, 3.63) is 66.7 Å². The minimum atomic E-state index is -3.59. The maximum atomic E-state index is 13.1. The fourth-order valence-corrected chi connectivity index (χ4v) is 6.34. The first kappa shape index (κ1) is 20.1. The van der Waals surface area contributed by atoms with E-state index in [1.54, 1.807) is 12.1 Å². The summed E-state index contributed by atoms with van der Waals surface area (Å²) in [6.45, 7) is 0.653. The highest BCUT2D eigenvalue weighted by Crippen LogP contribution is 2.29. The number of carbonyl (C=O) groups excluding carboxylic acids is 1. The van der Waals surface area contributed by atoms with Gasteiger partial charge < -0.3 is 5.32 Å². The van der Waals surface area contributed by atoms with Crippen molar-refractivity contribution in [3.8, 4) is 0 Å². The highest BCUT2D eigenvalue weighted by molar-refractivity contribution is 7.89. The molecular formula is C23H21N3O3S2. The van der Waals surface area contributed by atoms with Gasteiger partial charge in [-0.05, 0) is 47.9 Å². The summed E-state index contributed by atoms with van der Waals surface area (Å²) in [5.74, 6) is -0.322. The standard InChI is InChI=1S/C23H21N3O3S2/c27-22(25-23-24-20-7-3-4-8-21(20)30-23)17-11-13-26(14-12-17)31(28,29)19-10-9-16-5-1-2-6-18(16)15-19/h1-10,15,17H,11-14H2,(H,24,25,27). The molecule has 0 aliphatic carbocycles. The van der Waals surface area contributed by atoms with Gasteiger partial charge in [-0.1, -0.05) is 53.8 Å². The number of nitrogens with one attached hydrogen (secondary N) is 1. The van der Waals surface area contributed by atoms with Gasteiger partial charge in [0.05, 0.1) is 15.1 Å². The summed E-state index contributed by atoms with van der Waals surface area (Å²) in [6, 6.07) is 20.7. The number of thiazole rings is 1. The third-order valence-electron chi connectivity index (χ3n) is 5.71. The molecule has 1 saturated heterocycles. The number of hydrogen-bond donors (Lipinski definition) is 1. The van der Waals surface area contributed by atoms with Crippen LogP contribution in [0.1, 0.15) is 12.8 Å². The number of piperidine rings is 1. The summed E-state index contributed by atoms with van der Waals surface area (Å²) in [7, 11) is -3.59. The predicted octanol–water partition coefficient (Wildman–Crippen LogP) is 4.49. The Morgan fingerprint density at radius 3 is 2.45 bits per heavy atom. The summed E-state index contributed by atoms with van der Waals surface area (Å²) < 4.78 is 28.7. The van der Waals surface area contributed by atoms with Gasteiger partial charge in [0, 0.05) is 19.0 Å². The third kappa shape index (κ3) is 3.94. The SMILES string of the molecule is O=C(Nc1nc2ccccc2s1)C1CCN(S(=O)(=O)c2ccc3ccccc3c2)CC1. The summed E-state index contributed by atoms with van der Waals surface area (Å²) >= 11 is 1.44. The van der Waals surface area contributed by atoms with Crippen LogP contribution in [0.3, 0.4) is 0 Å². The molecule has 1 aliphatic heterocycles. The van der Waals surface area contributed by atoms with Crippen molar-refractivity contribution in [2.45, 2.75) is 17.7 Å². The molecular weight excluding hydrogens is 430 g/mol. The van der Waals surface area contributed by atoms with Crippen LogP contribution in [-0.4, -0.2) is 36.7 Å². The molecule has 1 amide bonds. The van der Waals surface area contributed by atoms with E-state index in [1.165, 1.54) is 15.6 Å². The summed E-state index contributed by atoms with van der Waals surface area (Å²) in [6.07, 6.45) is 0.979. The molecule has 0 atom stereocenters. The second-order valence-corrected chi connectivity index (χ2v) is 10.6. The van der Waals surface area contributed by atoms with Gasteiger partial charge in [-0.25, -0.2) is 13.4 Å². The lowest BCUT2D eigenvalue weighted by atomic mass is 9.97. The van der Waals surface area contributed by atoms with Crippen LogP contribution in [0.2, 0.25) is 0 Å². The maximum Gasteiger partial charge on any atom is 0.243 e. The predicted molar refractivity (Wildman–Crippen MR) is 124 cm³/mol. The fourth-order valence-electron chi connectivity index (χ4n) is 3.97. The normalized spacial score (nSPS) is 16.0. The molecule has 31 heavy (non-hydrogen) atoms. The molecule has 1 fully saturated rings. The Balaban J connectivity index is 1.26. The number of para-hydroxylation sites is 1. The zero-order valence-corrected chi connectivity index (χ0v) is 18.3. The Hall–Kier alpha value is -2.81. The highest BCUT2D eigenvalue weighted by atomic mass is 32.2. The first-order chi connectivity index (χ1) is 15.0. The molecule has 0 unspecified atom stereocenters. The molecule has 4 aromatic rings. The van der Waals surface area contributed by atoms with Crippen LogP contribution in [-0.2, 0) is 14.8 Å². The Bertz CT molecular complexity index is 1340. The first-order valence-electron chi connectivity index (χ1n) is 10.2. The molecule has 1 aromatic heterocycles. The molecule has 0 spiro atoms. The molecule has 0 radical (unpaired) electrons. The van der Waals surface area contributed by atoms with Crippen LogP contribution in [0, 0.1) is 5.92 Å². The van der Waals surface area contributed by atoms with E-state index in [-0.39, 0.29) is 11.8 Å². The number of aromatic nitrogens is 1. The number of fused-ring (bicyclic) bond motifs is 2. The lowest BCUT2D eigenvalue weighted by Crippen LogP contribution is -2.41. The van der Waals surface area contributed by atoms with Crippen LogP contribution in [0.5, 0.6) is 0 Å². The van der Waals surface area contributed by atoms with E-state index >= 15 is 0 Å². The average molecular weight is 452 g/mol. The van der Waals surface area contributed by atoms with Crippen LogP contribution in [0.25, 0.3) is 21.0 Å². The van der Waals surface area contributed by atoms with Crippen molar-refractivity contribution >= 4 is 53.4 Å². The van der Waals surface area contributed by atoms with Crippen molar-refractivity contribution in [3.63, 3.8) is 0 Å². The Kier molecular flexibility index (Phi) is 5.21. The van der Waals surface area contributed by atoms with Crippen molar-refractivity contribution < 1.29 is 13.2 Å². The van der Waals surface area contributed by atoms with E-state index in [2.05, 4.69) is 10.3 Å². The summed E-state index contributed by atoms with van der Waals surface area (Å²) in [4.78, 5) is 17.4. The first-order valence-corrected chi connectivity index (χ1v) is 12.4. The van der Waals surface area contributed by atoms with Gasteiger partial charge >= 0.3 is 0 Å². The largest absolute Gasteiger partial charge is 0.302 e. The second kappa shape index (κ2) is 8.03. The van der Waals surface area contributed by atoms with Crippen molar-refractivity contribution in [2.24, 2.45) is 5.92 Å². The van der Waals surface area contributed by atoms with Crippen LogP contribution in [0.15, 0.2) is 71.6 Å². The van der Waals surface area contributed by atoms with Crippen LogP contribution in [0.4, 0.5) is 5.13 Å². The molecule has 3 aromatic carbocycles. The van der Waals surface area contributed by atoms with E-state index in [9.17, 15) is 13.2 Å². The zero-order chi connectivity index (χ0) is 21.4. The monoisotopic (exact) mass is 451 g/mol. The lowest BCUT2D eigenvalue weighted by molar-refractivity contribution is -0.120. The van der Waals surface area contributed by atoms with Gasteiger partial charge in [0.2, 0.25) is 15.9 Å². The topological polar surface area (TPSA) is 79.4 Å². The number of nitrogens with zero attached hydrogens (tertiary/aromatic N) is 2. The van der Waals surface area contributed by atoms with Crippen LogP contribution < -0.4 is 5.32 Å². The van der Waals surface area contributed by atoms with E-state index in [0.717, 1.165) is 21.0 Å². The van der Waals surface area contributed by atoms with Gasteiger partial charge in [0.1, 0.15) is 0 Å². The van der Waals surface area contributed by atoms with Gasteiger partial charge in [0.15, 0.2) is 5.13 Å². The second-order valence-electron chi connectivity index (χ2n) is 7.66. The zero-order valence-electron chi connectivity index (χ0n) is 16.7. The van der Waals surface area contributed by atoms with Gasteiger partial charge in [-0.3, -0.25) is 4.79 Å². The number of benzene rings is 3.